The predicted molar refractivity (Wildman–Crippen MR) is 212 cm³/mol. The van der Waals surface area contributed by atoms with Gasteiger partial charge in [0.05, 0.1) is 5.69 Å². The lowest BCUT2D eigenvalue weighted by molar-refractivity contribution is 0.673. The molecule has 2 nitrogen and oxygen atoms in total. The van der Waals surface area contributed by atoms with E-state index in [-0.39, 0.29) is 0 Å². The topological polar surface area (TPSA) is 16.4 Å². The standard InChI is InChI=1S/C48H31NO/c1-3-14-33(15-4-1)43-30-34-17-8-10-22-38(34)48-47(43)44-31-36(26-29-46(44)50-48)49(35-19-5-2-6-20-35)45-28-27-41(40-23-11-12-24-42(40)45)39-25-13-18-32-16-7-9-21-37(32)39/h1-31H. The highest BCUT2D eigenvalue weighted by atomic mass is 16.3. The Morgan fingerprint density at radius 2 is 1.00 bits per heavy atom. The molecule has 0 amide bonds. The molecule has 0 saturated carbocycles. The molecule has 0 radical (unpaired) electrons. The number of fused-ring (bicyclic) bond motifs is 7. The number of rotatable bonds is 5. The second-order valence-corrected chi connectivity index (χ2v) is 12.9. The third-order valence-corrected chi connectivity index (χ3v) is 10.0. The van der Waals surface area contributed by atoms with E-state index in [0.29, 0.717) is 0 Å². The number of hydrogen-bond donors (Lipinski definition) is 0. The molecule has 1 aromatic heterocycles. The van der Waals surface area contributed by atoms with Crippen LogP contribution in [0.3, 0.4) is 0 Å². The van der Waals surface area contributed by atoms with Crippen LogP contribution < -0.4 is 4.90 Å². The number of furan rings is 1. The fraction of sp³-hybridized carbons (Fsp3) is 0. The molecule has 0 aliphatic heterocycles. The minimum Gasteiger partial charge on any atom is -0.455 e. The Morgan fingerprint density at radius 3 is 1.82 bits per heavy atom. The smallest absolute Gasteiger partial charge is 0.143 e. The summed E-state index contributed by atoms with van der Waals surface area (Å²) < 4.78 is 6.73. The zero-order valence-corrected chi connectivity index (χ0v) is 27.3. The van der Waals surface area contributed by atoms with Gasteiger partial charge in [0.25, 0.3) is 0 Å². The Morgan fingerprint density at radius 1 is 0.360 bits per heavy atom. The summed E-state index contributed by atoms with van der Waals surface area (Å²) in [5, 5.41) is 9.43. The van der Waals surface area contributed by atoms with Crippen molar-refractivity contribution >= 4 is 71.3 Å². The van der Waals surface area contributed by atoms with Crippen LogP contribution in [0.15, 0.2) is 192 Å². The molecule has 0 unspecified atom stereocenters. The van der Waals surface area contributed by atoms with Crippen molar-refractivity contribution in [2.75, 3.05) is 4.90 Å². The summed E-state index contributed by atoms with van der Waals surface area (Å²) in [4.78, 5) is 2.39. The Labute approximate surface area is 290 Å². The normalized spacial score (nSPS) is 11.6. The van der Waals surface area contributed by atoms with Gasteiger partial charge < -0.3 is 9.32 Å². The Hall–Kier alpha value is -6.64. The van der Waals surface area contributed by atoms with Crippen LogP contribution in [0, 0.1) is 0 Å². The van der Waals surface area contributed by atoms with Crippen molar-refractivity contribution in [3.63, 3.8) is 0 Å². The van der Waals surface area contributed by atoms with Crippen molar-refractivity contribution in [3.05, 3.63) is 188 Å². The second kappa shape index (κ2) is 11.5. The maximum absolute atomic E-state index is 6.73. The summed E-state index contributed by atoms with van der Waals surface area (Å²) in [5.41, 5.74) is 9.90. The third-order valence-electron chi connectivity index (χ3n) is 10.0. The van der Waals surface area contributed by atoms with E-state index in [1.54, 1.807) is 0 Å². The lowest BCUT2D eigenvalue weighted by Crippen LogP contribution is -2.10. The summed E-state index contributed by atoms with van der Waals surface area (Å²) in [6.45, 7) is 0. The molecule has 9 aromatic carbocycles. The summed E-state index contributed by atoms with van der Waals surface area (Å²) in [6, 6.07) is 67.4. The minimum atomic E-state index is 0.876. The van der Waals surface area contributed by atoms with Crippen LogP contribution in [0.4, 0.5) is 17.1 Å². The summed E-state index contributed by atoms with van der Waals surface area (Å²) in [6.07, 6.45) is 0. The maximum Gasteiger partial charge on any atom is 0.143 e. The third kappa shape index (κ3) is 4.50. The highest BCUT2D eigenvalue weighted by molar-refractivity contribution is 6.22. The fourth-order valence-corrected chi connectivity index (χ4v) is 7.76. The largest absolute Gasteiger partial charge is 0.455 e. The van der Waals surface area contributed by atoms with Crippen molar-refractivity contribution in [2.24, 2.45) is 0 Å². The first-order chi connectivity index (χ1) is 24.8. The average molecular weight is 638 g/mol. The molecule has 0 N–H and O–H groups in total. The molecule has 50 heavy (non-hydrogen) atoms. The van der Waals surface area contributed by atoms with Gasteiger partial charge in [-0.3, -0.25) is 0 Å². The first-order valence-corrected chi connectivity index (χ1v) is 17.1. The van der Waals surface area contributed by atoms with E-state index in [2.05, 4.69) is 193 Å². The minimum absolute atomic E-state index is 0.876. The van der Waals surface area contributed by atoms with Gasteiger partial charge in [-0.2, -0.15) is 0 Å². The molecule has 0 atom stereocenters. The maximum atomic E-state index is 6.73. The summed E-state index contributed by atoms with van der Waals surface area (Å²) in [5.74, 6) is 0. The lowest BCUT2D eigenvalue weighted by atomic mass is 9.93. The van der Waals surface area contributed by atoms with Crippen molar-refractivity contribution in [3.8, 4) is 22.3 Å². The summed E-state index contributed by atoms with van der Waals surface area (Å²) >= 11 is 0. The Kier molecular flexibility index (Phi) is 6.53. The van der Waals surface area contributed by atoms with Crippen LogP contribution in [0.5, 0.6) is 0 Å². The van der Waals surface area contributed by atoms with Gasteiger partial charge in [-0.25, -0.2) is 0 Å². The molecule has 1 heterocycles. The van der Waals surface area contributed by atoms with Crippen LogP contribution in [0.1, 0.15) is 0 Å². The van der Waals surface area contributed by atoms with E-state index in [0.717, 1.165) is 44.4 Å². The molecule has 10 aromatic rings. The number of para-hydroxylation sites is 1. The first-order valence-electron chi connectivity index (χ1n) is 17.1. The van der Waals surface area contributed by atoms with Gasteiger partial charge in [0.15, 0.2) is 0 Å². The van der Waals surface area contributed by atoms with Crippen molar-refractivity contribution < 1.29 is 4.42 Å². The molecular weight excluding hydrogens is 607 g/mol. The van der Waals surface area contributed by atoms with Gasteiger partial charge in [-0.05, 0) is 86.3 Å². The highest BCUT2D eigenvalue weighted by Crippen LogP contribution is 2.46. The van der Waals surface area contributed by atoms with Gasteiger partial charge in [-0.1, -0.05) is 146 Å². The molecule has 10 rings (SSSR count). The van der Waals surface area contributed by atoms with Gasteiger partial charge in [0, 0.05) is 32.9 Å². The highest BCUT2D eigenvalue weighted by Gasteiger charge is 2.21. The molecule has 2 heteroatoms. The number of hydrogen-bond acceptors (Lipinski definition) is 2. The molecule has 0 aliphatic rings. The number of anilines is 3. The molecule has 0 fully saturated rings. The molecule has 0 spiro atoms. The van der Waals surface area contributed by atoms with Crippen LogP contribution in [-0.4, -0.2) is 0 Å². The average Bonchev–Trinajstić information content (AvgIpc) is 3.58. The second-order valence-electron chi connectivity index (χ2n) is 12.9. The van der Waals surface area contributed by atoms with Crippen molar-refractivity contribution in [2.45, 2.75) is 0 Å². The first kappa shape index (κ1) is 28.4. The van der Waals surface area contributed by atoms with Gasteiger partial charge in [0.1, 0.15) is 11.2 Å². The molecule has 0 aliphatic carbocycles. The zero-order chi connectivity index (χ0) is 33.0. The van der Waals surface area contributed by atoms with E-state index in [4.69, 9.17) is 4.42 Å². The zero-order valence-electron chi connectivity index (χ0n) is 27.3. The van der Waals surface area contributed by atoms with Crippen LogP contribution in [0.25, 0.3) is 76.5 Å². The molecular formula is C48H31NO. The van der Waals surface area contributed by atoms with Gasteiger partial charge in [-0.15, -0.1) is 0 Å². The van der Waals surface area contributed by atoms with E-state index in [1.807, 2.05) is 0 Å². The van der Waals surface area contributed by atoms with Gasteiger partial charge >= 0.3 is 0 Å². The molecule has 234 valence electrons. The van der Waals surface area contributed by atoms with Crippen molar-refractivity contribution in [1.29, 1.82) is 0 Å². The lowest BCUT2D eigenvalue weighted by Gasteiger charge is -2.27. The van der Waals surface area contributed by atoms with Gasteiger partial charge in [0.2, 0.25) is 0 Å². The van der Waals surface area contributed by atoms with Crippen LogP contribution >= 0.6 is 0 Å². The summed E-state index contributed by atoms with van der Waals surface area (Å²) in [7, 11) is 0. The van der Waals surface area contributed by atoms with Crippen molar-refractivity contribution in [1.82, 2.24) is 0 Å². The Bertz CT molecular complexity index is 2860. The van der Waals surface area contributed by atoms with E-state index in [9.17, 15) is 0 Å². The number of nitrogens with zero attached hydrogens (tertiary/aromatic N) is 1. The van der Waals surface area contributed by atoms with E-state index in [1.165, 1.54) is 49.2 Å². The molecule has 0 saturated heterocycles. The van der Waals surface area contributed by atoms with E-state index >= 15 is 0 Å². The monoisotopic (exact) mass is 637 g/mol. The van der Waals surface area contributed by atoms with E-state index < -0.39 is 0 Å². The molecule has 0 bridgehead atoms. The fourth-order valence-electron chi connectivity index (χ4n) is 7.76. The quantitative estimate of drug-likeness (QED) is 0.187. The Balaban J connectivity index is 1.24. The SMILES string of the molecule is c1ccc(-c2cc3ccccc3c3oc4ccc(N(c5ccccc5)c5ccc(-c6cccc7ccccc67)c6ccccc56)cc4c23)cc1. The van der Waals surface area contributed by atoms with Crippen LogP contribution in [-0.2, 0) is 0 Å². The van der Waals surface area contributed by atoms with Crippen LogP contribution in [0.2, 0.25) is 0 Å². The predicted octanol–water partition coefficient (Wildman–Crippen LogP) is 13.8. The number of benzene rings is 9.